The Morgan fingerprint density at radius 3 is 2.54 bits per heavy atom. The lowest BCUT2D eigenvalue weighted by molar-refractivity contribution is -0.137. The molecule has 0 aromatic heterocycles. The molecule has 9 heteroatoms. The third kappa shape index (κ3) is 3.99. The number of likely N-dealkylation sites (N-methyl/N-ethyl adjacent to an activating group) is 1. The molecule has 2 N–H and O–H groups in total. The van der Waals surface area contributed by atoms with Crippen LogP contribution in [0.3, 0.4) is 0 Å². The summed E-state index contributed by atoms with van der Waals surface area (Å²) in [4.78, 5) is 26.2. The quantitative estimate of drug-likeness (QED) is 0.782. The Balaban J connectivity index is 2.06. The van der Waals surface area contributed by atoms with E-state index in [1.165, 1.54) is 23.1 Å². The van der Waals surface area contributed by atoms with Crippen LogP contribution in [0.5, 0.6) is 0 Å². The molecule has 1 heterocycles. The summed E-state index contributed by atoms with van der Waals surface area (Å²) in [7, 11) is 1.70. The fraction of sp³-hybridized carbons (Fsp3) is 0.263. The maximum atomic E-state index is 14.2. The minimum atomic E-state index is -4.62. The zero-order valence-corrected chi connectivity index (χ0v) is 14.9. The highest BCUT2D eigenvalue weighted by Gasteiger charge is 2.32. The second-order valence-electron chi connectivity index (χ2n) is 6.33. The third-order valence-electron chi connectivity index (χ3n) is 4.38. The number of carbonyl (C=O) groups excluding carboxylic acids is 2. The Labute approximate surface area is 158 Å². The number of hydrogen-bond acceptors (Lipinski definition) is 3. The molecule has 0 saturated heterocycles. The van der Waals surface area contributed by atoms with Gasteiger partial charge in [0.1, 0.15) is 12.4 Å². The van der Waals surface area contributed by atoms with Crippen molar-refractivity contribution in [3.63, 3.8) is 0 Å². The topological polar surface area (TPSA) is 61.4 Å². The van der Waals surface area contributed by atoms with Crippen LogP contribution in [0.1, 0.15) is 15.9 Å². The van der Waals surface area contributed by atoms with Crippen molar-refractivity contribution < 1.29 is 27.2 Å². The van der Waals surface area contributed by atoms with Crippen LogP contribution in [-0.4, -0.2) is 43.4 Å². The summed E-state index contributed by atoms with van der Waals surface area (Å²) < 4.78 is 53.2. The molecule has 0 aliphatic carbocycles. The van der Waals surface area contributed by atoms with E-state index < -0.39 is 23.5 Å². The van der Waals surface area contributed by atoms with Gasteiger partial charge < -0.3 is 15.5 Å². The van der Waals surface area contributed by atoms with Crippen LogP contribution in [0.4, 0.5) is 23.2 Å². The van der Waals surface area contributed by atoms with Gasteiger partial charge in [0.05, 0.1) is 16.8 Å². The largest absolute Gasteiger partial charge is 0.416 e. The highest BCUT2D eigenvalue weighted by Crippen LogP contribution is 2.35. The first-order chi connectivity index (χ1) is 13.2. The Morgan fingerprint density at radius 2 is 1.86 bits per heavy atom. The van der Waals surface area contributed by atoms with Gasteiger partial charge in [-0.25, -0.2) is 4.39 Å². The predicted octanol–water partition coefficient (Wildman–Crippen LogP) is 3.13. The molecule has 0 spiro atoms. The van der Waals surface area contributed by atoms with E-state index in [0.717, 1.165) is 6.07 Å². The smallest absolute Gasteiger partial charge is 0.328 e. The molecule has 2 aromatic rings. The second kappa shape index (κ2) is 7.59. The van der Waals surface area contributed by atoms with Crippen LogP contribution in [0, 0.1) is 5.82 Å². The normalized spacial score (nSPS) is 14.5. The summed E-state index contributed by atoms with van der Waals surface area (Å²) in [6.45, 7) is 0.573. The number of nitrogens with one attached hydrogen (secondary N) is 2. The molecule has 28 heavy (non-hydrogen) atoms. The van der Waals surface area contributed by atoms with E-state index in [1.54, 1.807) is 7.05 Å². The molecule has 1 aliphatic heterocycles. The lowest BCUT2D eigenvalue weighted by atomic mass is 9.98. The lowest BCUT2D eigenvalue weighted by Crippen LogP contribution is -2.39. The van der Waals surface area contributed by atoms with Gasteiger partial charge in [-0.2, -0.15) is 13.2 Å². The van der Waals surface area contributed by atoms with Crippen molar-refractivity contribution in [2.75, 3.05) is 32.0 Å². The first-order valence-corrected chi connectivity index (χ1v) is 8.45. The fourth-order valence-electron chi connectivity index (χ4n) is 2.95. The number of alkyl halides is 3. The summed E-state index contributed by atoms with van der Waals surface area (Å²) in [5, 5.41) is 5.47. The number of nitrogens with zero attached hydrogens (tertiary/aromatic N) is 1. The molecule has 5 nitrogen and oxygen atoms in total. The van der Waals surface area contributed by atoms with Crippen molar-refractivity contribution in [3.05, 3.63) is 53.3 Å². The number of hydrogen-bond donors (Lipinski definition) is 2. The molecule has 0 unspecified atom stereocenters. The molecule has 2 aromatic carbocycles. The van der Waals surface area contributed by atoms with E-state index in [1.807, 2.05) is 0 Å². The molecule has 0 bridgehead atoms. The van der Waals surface area contributed by atoms with Gasteiger partial charge in [0.2, 0.25) is 5.91 Å². The Bertz CT molecular complexity index is 928. The Morgan fingerprint density at radius 1 is 1.11 bits per heavy atom. The SMILES string of the molecule is CNCCN1CC(=O)Nc2ccc(-c3cc(C(F)(F)F)ccc3F)cc2C1=O. The van der Waals surface area contributed by atoms with Crippen LogP contribution >= 0.6 is 0 Å². The number of halogens is 4. The lowest BCUT2D eigenvalue weighted by Gasteiger charge is -2.19. The molecule has 0 saturated carbocycles. The van der Waals surface area contributed by atoms with Crippen molar-refractivity contribution in [1.29, 1.82) is 0 Å². The fourth-order valence-corrected chi connectivity index (χ4v) is 2.95. The molecule has 0 fully saturated rings. The number of rotatable bonds is 4. The minimum Gasteiger partial charge on any atom is -0.328 e. The summed E-state index contributed by atoms with van der Waals surface area (Å²) in [6, 6.07) is 6.17. The minimum absolute atomic E-state index is 0.0938. The van der Waals surface area contributed by atoms with E-state index in [-0.39, 0.29) is 41.4 Å². The molecule has 1 aliphatic rings. The van der Waals surface area contributed by atoms with Crippen LogP contribution in [0.25, 0.3) is 11.1 Å². The van der Waals surface area contributed by atoms with Crippen LogP contribution < -0.4 is 10.6 Å². The molecule has 148 valence electrons. The van der Waals surface area contributed by atoms with Gasteiger partial charge in [0.15, 0.2) is 0 Å². The van der Waals surface area contributed by atoms with E-state index >= 15 is 0 Å². The Kier molecular flexibility index (Phi) is 5.37. The van der Waals surface area contributed by atoms with Crippen molar-refractivity contribution in [3.8, 4) is 11.1 Å². The average molecular weight is 395 g/mol. The average Bonchev–Trinajstić information content (AvgIpc) is 2.75. The maximum absolute atomic E-state index is 14.2. The first kappa shape index (κ1) is 19.8. The highest BCUT2D eigenvalue weighted by atomic mass is 19.4. The zero-order chi connectivity index (χ0) is 20.5. The van der Waals surface area contributed by atoms with Crippen LogP contribution in [-0.2, 0) is 11.0 Å². The highest BCUT2D eigenvalue weighted by molar-refractivity contribution is 6.09. The number of benzene rings is 2. The predicted molar refractivity (Wildman–Crippen MR) is 95.3 cm³/mol. The van der Waals surface area contributed by atoms with E-state index in [0.29, 0.717) is 18.7 Å². The second-order valence-corrected chi connectivity index (χ2v) is 6.33. The van der Waals surface area contributed by atoms with Crippen LogP contribution in [0.2, 0.25) is 0 Å². The first-order valence-electron chi connectivity index (χ1n) is 8.45. The third-order valence-corrected chi connectivity index (χ3v) is 4.38. The van der Waals surface area contributed by atoms with Gasteiger partial charge in [-0.15, -0.1) is 0 Å². The van der Waals surface area contributed by atoms with Crippen molar-refractivity contribution >= 4 is 17.5 Å². The Hall–Kier alpha value is -2.94. The summed E-state index contributed by atoms with van der Waals surface area (Å²) >= 11 is 0. The molecule has 2 amide bonds. The van der Waals surface area contributed by atoms with Crippen LogP contribution in [0.15, 0.2) is 36.4 Å². The van der Waals surface area contributed by atoms with Gasteiger partial charge in [-0.3, -0.25) is 9.59 Å². The number of amides is 2. The number of carbonyl (C=O) groups is 2. The van der Waals surface area contributed by atoms with Gasteiger partial charge in [-0.05, 0) is 42.9 Å². The molecule has 0 atom stereocenters. The number of fused-ring (bicyclic) bond motifs is 1. The zero-order valence-electron chi connectivity index (χ0n) is 14.9. The standard InChI is InChI=1S/C19H17F4N3O2/c1-24-6-7-26-10-17(27)25-16-5-2-11(8-14(16)18(26)28)13-9-12(19(21,22)23)3-4-15(13)20/h2-5,8-9,24H,6-7,10H2,1H3,(H,25,27). The van der Waals surface area contributed by atoms with Crippen molar-refractivity contribution in [1.82, 2.24) is 10.2 Å². The van der Waals surface area contributed by atoms with Crippen molar-refractivity contribution in [2.45, 2.75) is 6.18 Å². The van der Waals surface area contributed by atoms with Gasteiger partial charge in [-0.1, -0.05) is 6.07 Å². The van der Waals surface area contributed by atoms with E-state index in [4.69, 9.17) is 0 Å². The van der Waals surface area contributed by atoms with Gasteiger partial charge in [0.25, 0.3) is 5.91 Å². The summed E-state index contributed by atoms with van der Waals surface area (Å²) in [5.41, 5.74) is -0.827. The van der Waals surface area contributed by atoms with Gasteiger partial charge in [0, 0.05) is 18.7 Å². The molecule has 3 rings (SSSR count). The summed E-state index contributed by atoms with van der Waals surface area (Å²) in [6.07, 6.45) is -4.62. The molecular weight excluding hydrogens is 378 g/mol. The maximum Gasteiger partial charge on any atom is 0.416 e. The number of anilines is 1. The van der Waals surface area contributed by atoms with Gasteiger partial charge >= 0.3 is 6.18 Å². The van der Waals surface area contributed by atoms with E-state index in [9.17, 15) is 27.2 Å². The van der Waals surface area contributed by atoms with Crippen molar-refractivity contribution in [2.24, 2.45) is 0 Å². The summed E-state index contributed by atoms with van der Waals surface area (Å²) in [5.74, 6) is -1.69. The van der Waals surface area contributed by atoms with E-state index in [2.05, 4.69) is 10.6 Å². The monoisotopic (exact) mass is 395 g/mol. The molecular formula is C19H17F4N3O2. The molecule has 0 radical (unpaired) electrons.